The van der Waals surface area contributed by atoms with Crippen LogP contribution in [-0.2, 0) is 4.79 Å². The molecule has 0 saturated heterocycles. The maximum absolute atomic E-state index is 12.2. The van der Waals surface area contributed by atoms with Gasteiger partial charge in [-0.2, -0.15) is 0 Å². The Morgan fingerprint density at radius 3 is 2.03 bits per heavy atom. The minimum absolute atomic E-state index is 0.0356. The molecule has 0 bridgehead atoms. The lowest BCUT2D eigenvalue weighted by Gasteiger charge is -2.14. The molecule has 2 rings (SSSR count). The molecular weight excluding hydrogens is 390 g/mol. The lowest BCUT2D eigenvalue weighted by molar-refractivity contribution is -0.116. The van der Waals surface area contributed by atoms with Crippen molar-refractivity contribution in [1.29, 1.82) is 0 Å². The van der Waals surface area contributed by atoms with Gasteiger partial charge in [0.15, 0.2) is 23.0 Å². The van der Waals surface area contributed by atoms with Crippen LogP contribution in [0.4, 0.5) is 0 Å². The van der Waals surface area contributed by atoms with E-state index in [0.29, 0.717) is 39.9 Å². The van der Waals surface area contributed by atoms with E-state index in [2.05, 4.69) is 5.32 Å². The van der Waals surface area contributed by atoms with Crippen molar-refractivity contribution < 1.29 is 33.6 Å². The Balaban J connectivity index is 2.03. The summed E-state index contributed by atoms with van der Waals surface area (Å²) in [6.45, 7) is 0.0356. The predicted octanol–water partition coefficient (Wildman–Crippen LogP) is 2.59. The summed E-state index contributed by atoms with van der Waals surface area (Å²) in [5.74, 6) is 2.15. The fourth-order valence-electron chi connectivity index (χ4n) is 2.80. The molecule has 0 aliphatic heterocycles. The molecule has 0 aliphatic rings. The summed E-state index contributed by atoms with van der Waals surface area (Å²) in [6, 6.07) is 8.53. The first kappa shape index (κ1) is 22.9. The summed E-state index contributed by atoms with van der Waals surface area (Å²) >= 11 is 0. The van der Waals surface area contributed by atoms with Crippen LogP contribution in [-0.4, -0.2) is 53.1 Å². The van der Waals surface area contributed by atoms with E-state index in [4.69, 9.17) is 23.7 Å². The van der Waals surface area contributed by atoms with Gasteiger partial charge in [-0.05, 0) is 41.5 Å². The third-order valence-corrected chi connectivity index (χ3v) is 4.38. The summed E-state index contributed by atoms with van der Waals surface area (Å²) in [7, 11) is 7.62. The average Bonchev–Trinajstić information content (AvgIpc) is 2.79. The molecule has 0 saturated carbocycles. The second kappa shape index (κ2) is 11.0. The molecule has 2 aromatic carbocycles. The number of hydrogen-bond donors (Lipinski definition) is 2. The number of benzene rings is 2. The molecule has 0 heterocycles. The Morgan fingerprint density at radius 1 is 0.900 bits per heavy atom. The topological polar surface area (TPSA) is 95.5 Å². The molecule has 0 radical (unpaired) electrons. The van der Waals surface area contributed by atoms with Gasteiger partial charge in [-0.1, -0.05) is 6.07 Å². The van der Waals surface area contributed by atoms with Gasteiger partial charge in [0.05, 0.1) is 41.7 Å². The van der Waals surface area contributed by atoms with Crippen molar-refractivity contribution in [3.63, 3.8) is 0 Å². The lowest BCUT2D eigenvalue weighted by Crippen LogP contribution is -2.26. The van der Waals surface area contributed by atoms with E-state index in [1.165, 1.54) is 41.6 Å². The van der Waals surface area contributed by atoms with Crippen LogP contribution in [0.25, 0.3) is 6.08 Å². The summed E-state index contributed by atoms with van der Waals surface area (Å²) in [4.78, 5) is 12.2. The first-order chi connectivity index (χ1) is 14.5. The molecule has 30 heavy (non-hydrogen) atoms. The zero-order valence-electron chi connectivity index (χ0n) is 17.7. The molecule has 0 aliphatic carbocycles. The molecule has 162 valence electrons. The molecule has 2 N–H and O–H groups in total. The minimum Gasteiger partial charge on any atom is -0.493 e. The van der Waals surface area contributed by atoms with E-state index in [1.54, 1.807) is 36.4 Å². The van der Waals surface area contributed by atoms with Gasteiger partial charge in [0.1, 0.15) is 0 Å². The molecule has 8 heteroatoms. The summed E-state index contributed by atoms with van der Waals surface area (Å²) < 4.78 is 26.3. The van der Waals surface area contributed by atoms with Crippen molar-refractivity contribution in [2.75, 3.05) is 42.1 Å². The van der Waals surface area contributed by atoms with Crippen molar-refractivity contribution in [3.8, 4) is 28.7 Å². The lowest BCUT2D eigenvalue weighted by atomic mass is 10.1. The van der Waals surface area contributed by atoms with Crippen LogP contribution in [0.1, 0.15) is 17.2 Å². The molecule has 0 aromatic heterocycles. The Bertz CT molecular complexity index is 870. The van der Waals surface area contributed by atoms with Crippen LogP contribution in [0.3, 0.4) is 0 Å². The van der Waals surface area contributed by atoms with Crippen molar-refractivity contribution in [2.45, 2.75) is 6.10 Å². The SMILES string of the molecule is COc1ccc([C@@H](O)CNC(=O)/C=C/c2cc(OC)c(OC)c(OC)c2)cc1OC. The third kappa shape index (κ3) is 5.57. The normalized spacial score (nSPS) is 11.7. The number of carbonyl (C=O) groups excluding carboxylic acids is 1. The molecule has 8 nitrogen and oxygen atoms in total. The van der Waals surface area contributed by atoms with Gasteiger partial charge in [-0.25, -0.2) is 0 Å². The standard InChI is InChI=1S/C22H27NO7/c1-26-17-8-7-15(12-18(17)27-2)16(24)13-23-21(25)9-6-14-10-19(28-3)22(30-5)20(11-14)29-4/h6-12,16,24H,13H2,1-5H3,(H,23,25)/b9-6+/t16-/m0/s1. The number of aliphatic hydroxyl groups is 1. The van der Waals surface area contributed by atoms with E-state index >= 15 is 0 Å². The summed E-state index contributed by atoms with van der Waals surface area (Å²) in [5, 5.41) is 13.0. The van der Waals surface area contributed by atoms with Gasteiger partial charge < -0.3 is 34.1 Å². The molecule has 1 atom stereocenters. The van der Waals surface area contributed by atoms with Gasteiger partial charge in [0.2, 0.25) is 11.7 Å². The van der Waals surface area contributed by atoms with Crippen LogP contribution in [0.5, 0.6) is 28.7 Å². The largest absolute Gasteiger partial charge is 0.493 e. The van der Waals surface area contributed by atoms with Crippen molar-refractivity contribution in [1.82, 2.24) is 5.32 Å². The van der Waals surface area contributed by atoms with E-state index in [0.717, 1.165) is 0 Å². The predicted molar refractivity (Wildman–Crippen MR) is 113 cm³/mol. The Hall–Kier alpha value is -3.39. The van der Waals surface area contributed by atoms with Gasteiger partial charge >= 0.3 is 0 Å². The number of hydrogen-bond acceptors (Lipinski definition) is 7. The fraction of sp³-hybridized carbons (Fsp3) is 0.318. The Morgan fingerprint density at radius 2 is 1.50 bits per heavy atom. The Kier molecular flexibility index (Phi) is 8.37. The highest BCUT2D eigenvalue weighted by molar-refractivity contribution is 5.91. The van der Waals surface area contributed by atoms with Gasteiger partial charge in [-0.15, -0.1) is 0 Å². The van der Waals surface area contributed by atoms with Gasteiger partial charge in [0, 0.05) is 12.6 Å². The maximum Gasteiger partial charge on any atom is 0.244 e. The fourth-order valence-corrected chi connectivity index (χ4v) is 2.80. The number of carbonyl (C=O) groups is 1. The second-order valence-electron chi connectivity index (χ2n) is 6.17. The molecular formula is C22H27NO7. The molecule has 0 spiro atoms. The van der Waals surface area contributed by atoms with E-state index < -0.39 is 6.10 Å². The van der Waals surface area contributed by atoms with E-state index in [-0.39, 0.29) is 12.5 Å². The zero-order valence-corrected chi connectivity index (χ0v) is 17.7. The van der Waals surface area contributed by atoms with E-state index in [9.17, 15) is 9.90 Å². The number of aliphatic hydroxyl groups excluding tert-OH is 1. The number of amides is 1. The van der Waals surface area contributed by atoms with Crippen LogP contribution in [0.2, 0.25) is 0 Å². The number of ether oxygens (including phenoxy) is 5. The highest BCUT2D eigenvalue weighted by atomic mass is 16.5. The van der Waals surface area contributed by atoms with Crippen molar-refractivity contribution in [3.05, 3.63) is 47.5 Å². The first-order valence-electron chi connectivity index (χ1n) is 9.13. The average molecular weight is 417 g/mol. The first-order valence-corrected chi connectivity index (χ1v) is 9.13. The van der Waals surface area contributed by atoms with Gasteiger partial charge in [-0.3, -0.25) is 4.79 Å². The smallest absolute Gasteiger partial charge is 0.244 e. The Labute approximate surface area is 176 Å². The summed E-state index contributed by atoms with van der Waals surface area (Å²) in [5.41, 5.74) is 1.29. The van der Waals surface area contributed by atoms with Gasteiger partial charge in [0.25, 0.3) is 0 Å². The number of methoxy groups -OCH3 is 5. The van der Waals surface area contributed by atoms with E-state index in [1.807, 2.05) is 0 Å². The minimum atomic E-state index is -0.900. The summed E-state index contributed by atoms with van der Waals surface area (Å²) in [6.07, 6.45) is 2.08. The van der Waals surface area contributed by atoms with Crippen LogP contribution in [0.15, 0.2) is 36.4 Å². The van der Waals surface area contributed by atoms with Crippen LogP contribution < -0.4 is 29.0 Å². The molecule has 2 aromatic rings. The maximum atomic E-state index is 12.2. The highest BCUT2D eigenvalue weighted by Gasteiger charge is 2.14. The highest BCUT2D eigenvalue weighted by Crippen LogP contribution is 2.38. The number of nitrogens with one attached hydrogen (secondary N) is 1. The van der Waals surface area contributed by atoms with Crippen molar-refractivity contribution >= 4 is 12.0 Å². The second-order valence-corrected chi connectivity index (χ2v) is 6.17. The van der Waals surface area contributed by atoms with Crippen LogP contribution >= 0.6 is 0 Å². The number of rotatable bonds is 10. The monoisotopic (exact) mass is 417 g/mol. The molecule has 1 amide bonds. The molecule has 0 fully saturated rings. The van der Waals surface area contributed by atoms with Crippen LogP contribution in [0, 0.1) is 0 Å². The zero-order chi connectivity index (χ0) is 22.1. The quantitative estimate of drug-likeness (QED) is 0.574. The van der Waals surface area contributed by atoms with Crippen molar-refractivity contribution in [2.24, 2.45) is 0 Å². The molecule has 0 unspecified atom stereocenters. The third-order valence-electron chi connectivity index (χ3n) is 4.38.